The number of carbonyl (C=O) groups excluding carboxylic acids is 1. The molecule has 1 unspecified atom stereocenters. The standard InChI is InChI=1S/C17H19ClF2N4O2/c18-11-7-22-17-14(15(11)19)16(20)12-8-23(4-5-24(12)17)13(25)2-6-26-9-10-1-3-21-10/h7,10,21H,1-6,8-9H2. The summed E-state index contributed by atoms with van der Waals surface area (Å²) >= 11 is 5.71. The molecule has 2 aliphatic heterocycles. The van der Waals surface area contributed by atoms with Gasteiger partial charge in [0.05, 0.1) is 48.5 Å². The van der Waals surface area contributed by atoms with Gasteiger partial charge in [0.1, 0.15) is 5.65 Å². The Morgan fingerprint density at radius 1 is 1.38 bits per heavy atom. The molecule has 0 spiro atoms. The summed E-state index contributed by atoms with van der Waals surface area (Å²) < 4.78 is 36.0. The lowest BCUT2D eigenvalue weighted by molar-refractivity contribution is -0.133. The molecule has 1 amide bonds. The summed E-state index contributed by atoms with van der Waals surface area (Å²) in [5.74, 6) is -1.61. The number of amides is 1. The number of rotatable bonds is 5. The Balaban J connectivity index is 1.43. The molecule has 0 radical (unpaired) electrons. The van der Waals surface area contributed by atoms with Crippen molar-refractivity contribution in [2.75, 3.05) is 26.3 Å². The summed E-state index contributed by atoms with van der Waals surface area (Å²) in [5.41, 5.74) is 0.482. The van der Waals surface area contributed by atoms with E-state index in [0.29, 0.717) is 32.3 Å². The van der Waals surface area contributed by atoms with Gasteiger partial charge in [0, 0.05) is 19.1 Å². The van der Waals surface area contributed by atoms with E-state index in [4.69, 9.17) is 16.3 Å². The zero-order valence-electron chi connectivity index (χ0n) is 14.1. The monoisotopic (exact) mass is 384 g/mol. The van der Waals surface area contributed by atoms with Crippen molar-refractivity contribution in [3.05, 3.63) is 28.5 Å². The number of fused-ring (bicyclic) bond motifs is 3. The fourth-order valence-corrected chi connectivity index (χ4v) is 3.51. The average Bonchev–Trinajstić information content (AvgIpc) is 2.89. The summed E-state index contributed by atoms with van der Waals surface area (Å²) in [4.78, 5) is 18.0. The van der Waals surface area contributed by atoms with Gasteiger partial charge in [-0.15, -0.1) is 0 Å². The topological polar surface area (TPSA) is 59.4 Å². The Morgan fingerprint density at radius 3 is 2.92 bits per heavy atom. The number of nitrogens with one attached hydrogen (secondary N) is 1. The van der Waals surface area contributed by atoms with Gasteiger partial charge in [0.25, 0.3) is 0 Å². The van der Waals surface area contributed by atoms with Crippen LogP contribution in [0.15, 0.2) is 6.20 Å². The Kier molecular flexibility index (Phi) is 4.81. The van der Waals surface area contributed by atoms with Crippen LogP contribution in [-0.2, 0) is 22.6 Å². The average molecular weight is 385 g/mol. The lowest BCUT2D eigenvalue weighted by Crippen LogP contribution is -2.46. The summed E-state index contributed by atoms with van der Waals surface area (Å²) in [7, 11) is 0. The zero-order chi connectivity index (χ0) is 18.3. The van der Waals surface area contributed by atoms with Crippen molar-refractivity contribution in [1.82, 2.24) is 19.8 Å². The van der Waals surface area contributed by atoms with Crippen LogP contribution >= 0.6 is 11.6 Å². The first kappa shape index (κ1) is 17.6. The number of halogens is 3. The summed E-state index contributed by atoms with van der Waals surface area (Å²) in [6.07, 6.45) is 2.52. The van der Waals surface area contributed by atoms with Crippen LogP contribution in [0.2, 0.25) is 5.02 Å². The van der Waals surface area contributed by atoms with Gasteiger partial charge in [-0.05, 0) is 13.0 Å². The van der Waals surface area contributed by atoms with E-state index < -0.39 is 11.6 Å². The SMILES string of the molecule is O=C(CCOCC1CCN1)N1CCn2c(c(F)c3c(F)c(Cl)cnc32)C1. The van der Waals surface area contributed by atoms with Crippen molar-refractivity contribution in [3.63, 3.8) is 0 Å². The Labute approximate surface area is 154 Å². The van der Waals surface area contributed by atoms with Gasteiger partial charge >= 0.3 is 0 Å². The largest absolute Gasteiger partial charge is 0.379 e. The first-order valence-corrected chi connectivity index (χ1v) is 9.03. The van der Waals surface area contributed by atoms with Crippen molar-refractivity contribution in [2.45, 2.75) is 32.0 Å². The van der Waals surface area contributed by atoms with Gasteiger partial charge in [-0.2, -0.15) is 0 Å². The van der Waals surface area contributed by atoms with Crippen LogP contribution in [0, 0.1) is 11.6 Å². The number of pyridine rings is 1. The van der Waals surface area contributed by atoms with Gasteiger partial charge < -0.3 is 19.5 Å². The van der Waals surface area contributed by atoms with Crippen molar-refractivity contribution >= 4 is 28.5 Å². The third-order valence-corrected chi connectivity index (χ3v) is 5.26. The molecule has 6 nitrogen and oxygen atoms in total. The smallest absolute Gasteiger partial charge is 0.225 e. The summed E-state index contributed by atoms with van der Waals surface area (Å²) in [5, 5.41) is 2.80. The van der Waals surface area contributed by atoms with Gasteiger partial charge in [0.2, 0.25) is 5.91 Å². The van der Waals surface area contributed by atoms with E-state index in [2.05, 4.69) is 10.3 Å². The summed E-state index contributed by atoms with van der Waals surface area (Å²) in [6, 6.07) is 0.388. The zero-order valence-corrected chi connectivity index (χ0v) is 14.9. The van der Waals surface area contributed by atoms with Crippen molar-refractivity contribution < 1.29 is 18.3 Å². The highest BCUT2D eigenvalue weighted by Crippen LogP contribution is 2.31. The van der Waals surface area contributed by atoms with Crippen molar-refractivity contribution in [2.24, 2.45) is 0 Å². The molecule has 1 fully saturated rings. The molecule has 1 saturated heterocycles. The first-order chi connectivity index (χ1) is 12.6. The molecule has 0 aromatic carbocycles. The van der Waals surface area contributed by atoms with Crippen LogP contribution in [0.4, 0.5) is 8.78 Å². The third-order valence-electron chi connectivity index (χ3n) is 5.00. The minimum absolute atomic E-state index is 0.0856. The molecular formula is C17H19ClF2N4O2. The van der Waals surface area contributed by atoms with E-state index in [1.54, 1.807) is 9.47 Å². The molecule has 4 rings (SSSR count). The number of ether oxygens (including phenoxy) is 1. The Hall–Kier alpha value is -1.77. The first-order valence-electron chi connectivity index (χ1n) is 8.65. The minimum atomic E-state index is -0.813. The molecular weight excluding hydrogens is 366 g/mol. The van der Waals surface area contributed by atoms with Gasteiger partial charge in [-0.1, -0.05) is 11.6 Å². The van der Waals surface area contributed by atoms with Crippen LogP contribution in [0.25, 0.3) is 11.0 Å². The molecule has 1 N–H and O–H groups in total. The molecule has 4 heterocycles. The Morgan fingerprint density at radius 2 is 2.19 bits per heavy atom. The van der Waals surface area contributed by atoms with E-state index in [-0.39, 0.29) is 40.6 Å². The maximum Gasteiger partial charge on any atom is 0.225 e. The highest BCUT2D eigenvalue weighted by atomic mass is 35.5. The van der Waals surface area contributed by atoms with E-state index in [9.17, 15) is 13.6 Å². The highest BCUT2D eigenvalue weighted by Gasteiger charge is 2.29. The highest BCUT2D eigenvalue weighted by molar-refractivity contribution is 6.31. The second kappa shape index (κ2) is 7.09. The lowest BCUT2D eigenvalue weighted by Gasteiger charge is -2.29. The van der Waals surface area contributed by atoms with Crippen LogP contribution in [0.1, 0.15) is 18.5 Å². The van der Waals surface area contributed by atoms with Gasteiger partial charge in [-0.25, -0.2) is 13.8 Å². The second-order valence-corrected chi connectivity index (χ2v) is 7.02. The van der Waals surface area contributed by atoms with Crippen LogP contribution in [0.5, 0.6) is 0 Å². The van der Waals surface area contributed by atoms with Crippen LogP contribution in [-0.4, -0.2) is 52.7 Å². The molecule has 2 aromatic rings. The molecule has 2 aromatic heterocycles. The molecule has 0 aliphatic carbocycles. The van der Waals surface area contributed by atoms with Gasteiger partial charge in [-0.3, -0.25) is 4.79 Å². The van der Waals surface area contributed by atoms with Crippen molar-refractivity contribution in [3.8, 4) is 0 Å². The van der Waals surface area contributed by atoms with Crippen LogP contribution in [0.3, 0.4) is 0 Å². The molecule has 0 bridgehead atoms. The predicted octanol–water partition coefficient (Wildman–Crippen LogP) is 2.08. The molecule has 0 saturated carbocycles. The fourth-order valence-electron chi connectivity index (χ4n) is 3.37. The summed E-state index contributed by atoms with van der Waals surface area (Å²) in [6.45, 7) is 2.82. The maximum atomic E-state index is 14.7. The van der Waals surface area contributed by atoms with E-state index in [0.717, 1.165) is 13.0 Å². The van der Waals surface area contributed by atoms with E-state index in [1.807, 2.05) is 0 Å². The predicted molar refractivity (Wildman–Crippen MR) is 91.9 cm³/mol. The molecule has 26 heavy (non-hydrogen) atoms. The normalized spacial score (nSPS) is 19.5. The van der Waals surface area contributed by atoms with Gasteiger partial charge in [0.15, 0.2) is 11.6 Å². The number of nitrogens with zero attached hydrogens (tertiary/aromatic N) is 3. The van der Waals surface area contributed by atoms with Crippen molar-refractivity contribution in [1.29, 1.82) is 0 Å². The maximum absolute atomic E-state index is 14.7. The number of aromatic nitrogens is 2. The number of carbonyl (C=O) groups is 1. The lowest BCUT2D eigenvalue weighted by atomic mass is 10.1. The van der Waals surface area contributed by atoms with Crippen LogP contribution < -0.4 is 5.32 Å². The third kappa shape index (κ3) is 3.06. The number of hydrogen-bond donors (Lipinski definition) is 1. The fraction of sp³-hybridized carbons (Fsp3) is 0.529. The molecule has 140 valence electrons. The quantitative estimate of drug-likeness (QED) is 0.802. The molecule has 1 atom stereocenters. The van der Waals surface area contributed by atoms with E-state index in [1.165, 1.54) is 6.20 Å². The van der Waals surface area contributed by atoms with E-state index >= 15 is 0 Å². The number of hydrogen-bond acceptors (Lipinski definition) is 4. The Bertz CT molecular complexity index is 853. The molecule has 9 heteroatoms. The second-order valence-electron chi connectivity index (χ2n) is 6.61. The minimum Gasteiger partial charge on any atom is -0.379 e. The molecule has 2 aliphatic rings.